The normalized spacial score (nSPS) is 12.1. The van der Waals surface area contributed by atoms with Crippen molar-refractivity contribution < 1.29 is 0 Å². The predicted octanol–water partition coefficient (Wildman–Crippen LogP) is 1.66. The maximum atomic E-state index is 5.61. The van der Waals surface area contributed by atoms with E-state index in [1.807, 2.05) is 13.0 Å². The monoisotopic (exact) mass is 232 g/mol. The highest BCUT2D eigenvalue weighted by Gasteiger charge is 2.14. The van der Waals surface area contributed by atoms with Gasteiger partial charge >= 0.3 is 0 Å². The van der Waals surface area contributed by atoms with E-state index in [1.54, 1.807) is 0 Å². The van der Waals surface area contributed by atoms with Crippen LogP contribution in [0.1, 0.15) is 49.2 Å². The number of hydrogen-bond donors (Lipinski definition) is 2. The zero-order valence-corrected chi connectivity index (χ0v) is 10.5. The smallest absolute Gasteiger partial charge is 0.0676 e. The molecule has 0 saturated heterocycles. The minimum Gasteiger partial charge on any atom is -0.271 e. The van der Waals surface area contributed by atoms with Gasteiger partial charge in [-0.05, 0) is 37.8 Å². The SMILES string of the molecule is C#CCCCC(NN)c1cc(C)nnc1CC. The number of nitrogens with one attached hydrogen (secondary N) is 1. The summed E-state index contributed by atoms with van der Waals surface area (Å²) in [6.45, 7) is 4.00. The third-order valence-corrected chi connectivity index (χ3v) is 2.75. The molecule has 0 spiro atoms. The van der Waals surface area contributed by atoms with Gasteiger partial charge in [-0.15, -0.1) is 12.3 Å². The lowest BCUT2D eigenvalue weighted by molar-refractivity contribution is 0.495. The summed E-state index contributed by atoms with van der Waals surface area (Å²) in [4.78, 5) is 0. The van der Waals surface area contributed by atoms with Gasteiger partial charge in [0.15, 0.2) is 0 Å². The van der Waals surface area contributed by atoms with Crippen molar-refractivity contribution >= 4 is 0 Å². The fourth-order valence-corrected chi connectivity index (χ4v) is 1.85. The molecule has 4 nitrogen and oxygen atoms in total. The lowest BCUT2D eigenvalue weighted by Gasteiger charge is -2.18. The molecule has 1 atom stereocenters. The second-order valence-electron chi connectivity index (χ2n) is 4.06. The zero-order valence-electron chi connectivity index (χ0n) is 10.5. The van der Waals surface area contributed by atoms with Gasteiger partial charge in [0.25, 0.3) is 0 Å². The Morgan fingerprint density at radius 2 is 2.29 bits per heavy atom. The third-order valence-electron chi connectivity index (χ3n) is 2.75. The Labute approximate surface area is 103 Å². The maximum absolute atomic E-state index is 5.61. The molecule has 0 amide bonds. The van der Waals surface area contributed by atoms with Crippen LogP contribution in [0.15, 0.2) is 6.07 Å². The van der Waals surface area contributed by atoms with Crippen LogP contribution in [0.5, 0.6) is 0 Å². The number of unbranched alkanes of at least 4 members (excludes halogenated alkanes) is 1. The van der Waals surface area contributed by atoms with E-state index in [0.717, 1.165) is 42.6 Å². The van der Waals surface area contributed by atoms with E-state index in [4.69, 9.17) is 12.3 Å². The van der Waals surface area contributed by atoms with Gasteiger partial charge in [0.1, 0.15) is 0 Å². The largest absolute Gasteiger partial charge is 0.271 e. The number of hydrazine groups is 1. The maximum Gasteiger partial charge on any atom is 0.0676 e. The lowest BCUT2D eigenvalue weighted by Crippen LogP contribution is -2.29. The molecule has 0 aliphatic carbocycles. The molecule has 3 N–H and O–H groups in total. The van der Waals surface area contributed by atoms with Crippen molar-refractivity contribution in [2.45, 2.75) is 45.6 Å². The number of aromatic nitrogens is 2. The minimum absolute atomic E-state index is 0.104. The molecule has 0 bridgehead atoms. The van der Waals surface area contributed by atoms with Gasteiger partial charge in [-0.2, -0.15) is 10.2 Å². The van der Waals surface area contributed by atoms with Crippen molar-refractivity contribution in [3.05, 3.63) is 23.0 Å². The zero-order chi connectivity index (χ0) is 12.7. The van der Waals surface area contributed by atoms with Crippen LogP contribution in [-0.2, 0) is 6.42 Å². The molecule has 1 aromatic rings. The predicted molar refractivity (Wildman–Crippen MR) is 68.9 cm³/mol. The van der Waals surface area contributed by atoms with Crippen molar-refractivity contribution in [1.29, 1.82) is 0 Å². The number of hydrogen-bond acceptors (Lipinski definition) is 4. The molecule has 0 aliphatic rings. The van der Waals surface area contributed by atoms with Crippen LogP contribution in [0.4, 0.5) is 0 Å². The summed E-state index contributed by atoms with van der Waals surface area (Å²) >= 11 is 0. The van der Waals surface area contributed by atoms with Crippen LogP contribution < -0.4 is 11.3 Å². The van der Waals surface area contributed by atoms with E-state index < -0.39 is 0 Å². The highest BCUT2D eigenvalue weighted by Crippen LogP contribution is 2.21. The molecule has 17 heavy (non-hydrogen) atoms. The first kappa shape index (κ1) is 13.6. The third kappa shape index (κ3) is 3.81. The number of nitrogens with zero attached hydrogens (tertiary/aromatic N) is 2. The molecule has 92 valence electrons. The number of rotatable bonds is 6. The first-order chi connectivity index (χ1) is 8.22. The van der Waals surface area contributed by atoms with Gasteiger partial charge in [-0.25, -0.2) is 0 Å². The molecule has 0 fully saturated rings. The van der Waals surface area contributed by atoms with E-state index >= 15 is 0 Å². The van der Waals surface area contributed by atoms with Crippen molar-refractivity contribution in [2.24, 2.45) is 5.84 Å². The number of nitrogens with two attached hydrogens (primary N) is 1. The van der Waals surface area contributed by atoms with E-state index in [-0.39, 0.29) is 6.04 Å². The number of terminal acetylenes is 1. The quantitative estimate of drug-likeness (QED) is 0.339. The summed E-state index contributed by atoms with van der Waals surface area (Å²) in [6, 6.07) is 2.15. The van der Waals surface area contributed by atoms with Crippen LogP contribution in [0, 0.1) is 19.3 Å². The van der Waals surface area contributed by atoms with Crippen LogP contribution in [0.25, 0.3) is 0 Å². The number of aryl methyl sites for hydroxylation is 2. The van der Waals surface area contributed by atoms with Gasteiger partial charge in [0.2, 0.25) is 0 Å². The molecule has 1 unspecified atom stereocenters. The fourth-order valence-electron chi connectivity index (χ4n) is 1.85. The van der Waals surface area contributed by atoms with Crippen LogP contribution in [0.3, 0.4) is 0 Å². The molecule has 0 aromatic carbocycles. The van der Waals surface area contributed by atoms with Gasteiger partial charge in [0, 0.05) is 12.5 Å². The Hall–Kier alpha value is -1.44. The summed E-state index contributed by atoms with van der Waals surface area (Å²) in [5.41, 5.74) is 5.89. The van der Waals surface area contributed by atoms with Gasteiger partial charge in [0.05, 0.1) is 11.4 Å². The minimum atomic E-state index is 0.104. The Kier molecular flexibility index (Phi) is 5.61. The standard InChI is InChI=1S/C13H20N4/c1-4-6-7-8-13(15-14)11-9-10(3)16-17-12(11)5-2/h1,9,13,15H,5-8,14H2,2-3H3. The van der Waals surface area contributed by atoms with Crippen molar-refractivity contribution in [3.8, 4) is 12.3 Å². The van der Waals surface area contributed by atoms with Gasteiger partial charge in [-0.3, -0.25) is 11.3 Å². The Balaban J connectivity index is 2.86. The molecule has 1 rings (SSSR count). The molecule has 1 aromatic heterocycles. The fraction of sp³-hybridized carbons (Fsp3) is 0.538. The molecule has 1 heterocycles. The summed E-state index contributed by atoms with van der Waals surface area (Å²) in [5.74, 6) is 8.25. The van der Waals surface area contributed by atoms with Crippen molar-refractivity contribution in [2.75, 3.05) is 0 Å². The van der Waals surface area contributed by atoms with Crippen molar-refractivity contribution in [1.82, 2.24) is 15.6 Å². The topological polar surface area (TPSA) is 63.8 Å². The lowest BCUT2D eigenvalue weighted by atomic mass is 9.99. The van der Waals surface area contributed by atoms with Crippen LogP contribution in [-0.4, -0.2) is 10.2 Å². The summed E-state index contributed by atoms with van der Waals surface area (Å²) in [7, 11) is 0. The molecular weight excluding hydrogens is 212 g/mol. The summed E-state index contributed by atoms with van der Waals surface area (Å²) < 4.78 is 0. The van der Waals surface area contributed by atoms with Gasteiger partial charge in [-0.1, -0.05) is 6.92 Å². The van der Waals surface area contributed by atoms with E-state index in [1.165, 1.54) is 0 Å². The Morgan fingerprint density at radius 1 is 1.53 bits per heavy atom. The second-order valence-corrected chi connectivity index (χ2v) is 4.06. The molecular formula is C13H20N4. The van der Waals surface area contributed by atoms with Gasteiger partial charge < -0.3 is 0 Å². The average Bonchev–Trinajstić information content (AvgIpc) is 2.35. The molecule has 4 heteroatoms. The molecule has 0 aliphatic heterocycles. The first-order valence-corrected chi connectivity index (χ1v) is 5.95. The van der Waals surface area contributed by atoms with E-state index in [9.17, 15) is 0 Å². The van der Waals surface area contributed by atoms with Crippen LogP contribution in [0.2, 0.25) is 0 Å². The molecule has 0 radical (unpaired) electrons. The average molecular weight is 232 g/mol. The van der Waals surface area contributed by atoms with Crippen LogP contribution >= 0.6 is 0 Å². The van der Waals surface area contributed by atoms with E-state index in [2.05, 4.69) is 28.5 Å². The Morgan fingerprint density at radius 3 is 2.88 bits per heavy atom. The highest BCUT2D eigenvalue weighted by atomic mass is 15.2. The first-order valence-electron chi connectivity index (χ1n) is 5.95. The Bertz CT molecular complexity index is 395. The summed E-state index contributed by atoms with van der Waals surface area (Å²) in [5, 5.41) is 8.28. The summed E-state index contributed by atoms with van der Waals surface area (Å²) in [6.07, 6.45) is 8.75. The molecule has 0 saturated carbocycles. The van der Waals surface area contributed by atoms with E-state index in [0.29, 0.717) is 0 Å². The van der Waals surface area contributed by atoms with Crippen molar-refractivity contribution in [3.63, 3.8) is 0 Å². The highest BCUT2D eigenvalue weighted by molar-refractivity contribution is 5.24. The second kappa shape index (κ2) is 7.00.